The van der Waals surface area contributed by atoms with Gasteiger partial charge in [0, 0.05) is 10.9 Å². The first-order chi connectivity index (χ1) is 9.75. The number of fused-ring (bicyclic) bond motifs is 1. The molecule has 98 valence electrons. The van der Waals surface area contributed by atoms with E-state index in [4.69, 9.17) is 17.3 Å². The van der Waals surface area contributed by atoms with Gasteiger partial charge in [-0.1, -0.05) is 60.1 Å². The minimum Gasteiger partial charge on any atom is -0.383 e. The molecule has 0 radical (unpaired) electrons. The number of nitrogens with two attached hydrogens (primary N) is 1. The van der Waals surface area contributed by atoms with Gasteiger partial charge in [0.2, 0.25) is 0 Å². The number of hydrogen-bond donors (Lipinski definition) is 1. The van der Waals surface area contributed by atoms with Gasteiger partial charge in [0.15, 0.2) is 0 Å². The van der Waals surface area contributed by atoms with Gasteiger partial charge in [0.25, 0.3) is 0 Å². The average Bonchev–Trinajstić information content (AvgIpc) is 2.48. The highest BCUT2D eigenvalue weighted by Gasteiger charge is 2.05. The van der Waals surface area contributed by atoms with Gasteiger partial charge in [0.05, 0.1) is 10.7 Å². The Morgan fingerprint density at radius 3 is 2.40 bits per heavy atom. The molecule has 0 heterocycles. The van der Waals surface area contributed by atoms with Crippen molar-refractivity contribution in [1.29, 1.82) is 0 Å². The van der Waals surface area contributed by atoms with Gasteiger partial charge < -0.3 is 5.73 Å². The van der Waals surface area contributed by atoms with Crippen molar-refractivity contribution in [1.82, 2.24) is 0 Å². The molecule has 0 spiro atoms. The maximum absolute atomic E-state index is 6.14. The quantitative estimate of drug-likeness (QED) is 0.543. The van der Waals surface area contributed by atoms with Crippen LogP contribution in [-0.4, -0.2) is 5.84 Å². The maximum Gasteiger partial charge on any atom is 0.132 e. The highest BCUT2D eigenvalue weighted by Crippen LogP contribution is 2.26. The molecule has 0 amide bonds. The zero-order valence-corrected chi connectivity index (χ0v) is 11.5. The van der Waals surface area contributed by atoms with Crippen molar-refractivity contribution in [2.45, 2.75) is 0 Å². The van der Waals surface area contributed by atoms with E-state index < -0.39 is 0 Å². The standard InChI is InChI=1S/C17H13ClN2/c18-15-10-4-3-9-14(15)17(19)20-16-11-5-7-12-6-1-2-8-13(12)16/h1-11H,(H2,19,20). The molecule has 0 aromatic heterocycles. The van der Waals surface area contributed by atoms with Crippen LogP contribution in [0.1, 0.15) is 5.56 Å². The lowest BCUT2D eigenvalue weighted by atomic mass is 10.1. The Labute approximate surface area is 122 Å². The van der Waals surface area contributed by atoms with Crippen LogP contribution in [0, 0.1) is 0 Å². The first kappa shape index (κ1) is 12.7. The van der Waals surface area contributed by atoms with Crippen LogP contribution in [0.2, 0.25) is 5.02 Å². The summed E-state index contributed by atoms with van der Waals surface area (Å²) >= 11 is 6.14. The highest BCUT2D eigenvalue weighted by molar-refractivity contribution is 6.34. The van der Waals surface area contributed by atoms with Crippen LogP contribution in [-0.2, 0) is 0 Å². The number of rotatable bonds is 2. The Morgan fingerprint density at radius 1 is 0.850 bits per heavy atom. The van der Waals surface area contributed by atoms with E-state index in [2.05, 4.69) is 17.1 Å². The van der Waals surface area contributed by atoms with Crippen molar-refractivity contribution in [3.8, 4) is 0 Å². The second kappa shape index (κ2) is 5.35. The number of amidine groups is 1. The lowest BCUT2D eigenvalue weighted by molar-refractivity contribution is 1.47. The third-order valence-electron chi connectivity index (χ3n) is 3.16. The SMILES string of the molecule is NC(=Nc1cccc2ccccc12)c1ccccc1Cl. The van der Waals surface area contributed by atoms with E-state index in [1.54, 1.807) is 0 Å². The van der Waals surface area contributed by atoms with Gasteiger partial charge in [0.1, 0.15) is 5.84 Å². The smallest absolute Gasteiger partial charge is 0.132 e. The molecular formula is C17H13ClN2. The van der Waals surface area contributed by atoms with Gasteiger partial charge in [-0.2, -0.15) is 0 Å². The Bertz CT molecular complexity index is 788. The molecule has 0 saturated heterocycles. The van der Waals surface area contributed by atoms with Crippen LogP contribution >= 0.6 is 11.6 Å². The second-order valence-electron chi connectivity index (χ2n) is 4.48. The van der Waals surface area contributed by atoms with Crippen LogP contribution < -0.4 is 5.73 Å². The fourth-order valence-corrected chi connectivity index (χ4v) is 2.40. The molecule has 2 nitrogen and oxygen atoms in total. The predicted octanol–water partition coefficient (Wildman–Crippen LogP) is 4.53. The van der Waals surface area contributed by atoms with Crippen LogP contribution in [0.5, 0.6) is 0 Å². The van der Waals surface area contributed by atoms with Crippen molar-refractivity contribution in [2.75, 3.05) is 0 Å². The summed E-state index contributed by atoms with van der Waals surface area (Å²) in [6.07, 6.45) is 0. The topological polar surface area (TPSA) is 38.4 Å². The largest absolute Gasteiger partial charge is 0.383 e. The Kier molecular flexibility index (Phi) is 3.40. The summed E-state index contributed by atoms with van der Waals surface area (Å²) in [7, 11) is 0. The normalized spacial score (nSPS) is 11.8. The molecule has 0 unspecified atom stereocenters. The molecule has 3 aromatic rings. The van der Waals surface area contributed by atoms with Crippen molar-refractivity contribution >= 4 is 33.9 Å². The monoisotopic (exact) mass is 280 g/mol. The second-order valence-corrected chi connectivity index (χ2v) is 4.88. The molecule has 0 aliphatic heterocycles. The first-order valence-corrected chi connectivity index (χ1v) is 6.70. The van der Waals surface area contributed by atoms with Crippen molar-refractivity contribution in [3.05, 3.63) is 77.3 Å². The van der Waals surface area contributed by atoms with E-state index in [1.165, 1.54) is 0 Å². The number of aliphatic imine (C=N–C) groups is 1. The molecule has 3 aromatic carbocycles. The lowest BCUT2D eigenvalue weighted by Gasteiger charge is -2.05. The number of benzene rings is 3. The van der Waals surface area contributed by atoms with Crippen molar-refractivity contribution < 1.29 is 0 Å². The molecule has 0 atom stereocenters. The molecule has 0 saturated carbocycles. The van der Waals surface area contributed by atoms with Crippen molar-refractivity contribution in [2.24, 2.45) is 10.7 Å². The summed E-state index contributed by atoms with van der Waals surface area (Å²) in [5.74, 6) is 0.423. The minimum atomic E-state index is 0.423. The molecule has 2 N–H and O–H groups in total. The summed E-state index contributed by atoms with van der Waals surface area (Å²) in [6.45, 7) is 0. The van der Waals surface area contributed by atoms with Crippen LogP contribution in [0.15, 0.2) is 71.7 Å². The van der Waals surface area contributed by atoms with E-state index in [-0.39, 0.29) is 0 Å². The Morgan fingerprint density at radius 2 is 1.55 bits per heavy atom. The van der Waals surface area contributed by atoms with Gasteiger partial charge in [-0.05, 0) is 23.6 Å². The average molecular weight is 281 g/mol. The highest BCUT2D eigenvalue weighted by atomic mass is 35.5. The molecule has 20 heavy (non-hydrogen) atoms. The van der Waals surface area contributed by atoms with Crippen LogP contribution in [0.3, 0.4) is 0 Å². The molecule has 0 aliphatic carbocycles. The Hall–Kier alpha value is -2.32. The summed E-state index contributed by atoms with van der Waals surface area (Å²) in [5, 5.41) is 2.82. The van der Waals surface area contributed by atoms with Crippen LogP contribution in [0.4, 0.5) is 5.69 Å². The van der Waals surface area contributed by atoms with Crippen molar-refractivity contribution in [3.63, 3.8) is 0 Å². The van der Waals surface area contributed by atoms with E-state index in [9.17, 15) is 0 Å². The minimum absolute atomic E-state index is 0.423. The fourth-order valence-electron chi connectivity index (χ4n) is 2.16. The molecular weight excluding hydrogens is 268 g/mol. The molecule has 0 fully saturated rings. The zero-order valence-electron chi connectivity index (χ0n) is 10.8. The number of nitrogens with zero attached hydrogens (tertiary/aromatic N) is 1. The molecule has 0 aliphatic rings. The maximum atomic E-state index is 6.14. The Balaban J connectivity index is 2.13. The first-order valence-electron chi connectivity index (χ1n) is 6.32. The summed E-state index contributed by atoms with van der Waals surface area (Å²) < 4.78 is 0. The van der Waals surface area contributed by atoms with E-state index in [0.29, 0.717) is 10.9 Å². The zero-order chi connectivity index (χ0) is 13.9. The molecule has 3 rings (SSSR count). The summed E-state index contributed by atoms with van der Waals surface area (Å²) in [5.41, 5.74) is 7.68. The fraction of sp³-hybridized carbons (Fsp3) is 0. The van der Waals surface area contributed by atoms with Gasteiger partial charge in [-0.15, -0.1) is 0 Å². The van der Waals surface area contributed by atoms with Gasteiger partial charge >= 0.3 is 0 Å². The number of halogens is 1. The van der Waals surface area contributed by atoms with E-state index >= 15 is 0 Å². The molecule has 0 bridgehead atoms. The number of hydrogen-bond acceptors (Lipinski definition) is 1. The van der Waals surface area contributed by atoms with E-state index in [0.717, 1.165) is 22.0 Å². The van der Waals surface area contributed by atoms with E-state index in [1.807, 2.05) is 54.6 Å². The van der Waals surface area contributed by atoms with Crippen LogP contribution in [0.25, 0.3) is 10.8 Å². The third kappa shape index (κ3) is 2.38. The summed E-state index contributed by atoms with van der Waals surface area (Å²) in [4.78, 5) is 4.53. The summed E-state index contributed by atoms with van der Waals surface area (Å²) in [6, 6.07) is 21.5. The lowest BCUT2D eigenvalue weighted by Crippen LogP contribution is -2.13. The van der Waals surface area contributed by atoms with Gasteiger partial charge in [-0.25, -0.2) is 4.99 Å². The molecule has 3 heteroatoms. The van der Waals surface area contributed by atoms with Gasteiger partial charge in [-0.3, -0.25) is 0 Å². The third-order valence-corrected chi connectivity index (χ3v) is 3.49. The predicted molar refractivity (Wildman–Crippen MR) is 85.8 cm³/mol.